The number of sulfonamides is 1. The zero-order valence-electron chi connectivity index (χ0n) is 24.8. The lowest BCUT2D eigenvalue weighted by molar-refractivity contribution is -0.384. The molecule has 3 aromatic rings. The topological polar surface area (TPSA) is 130 Å². The first kappa shape index (κ1) is 32.3. The number of hydrogen-bond donors (Lipinski definition) is 1. The molecule has 224 valence electrons. The number of carbonyl (C=O) groups is 2. The minimum Gasteiger partial charge on any atom is -0.350 e. The monoisotopic (exact) mass is 594 g/mol. The molecule has 0 spiro atoms. The van der Waals surface area contributed by atoms with Crippen LogP contribution in [-0.4, -0.2) is 54.4 Å². The third kappa shape index (κ3) is 8.87. The van der Waals surface area contributed by atoms with E-state index in [2.05, 4.69) is 5.32 Å². The lowest BCUT2D eigenvalue weighted by Crippen LogP contribution is -2.56. The average Bonchev–Trinajstić information content (AvgIpc) is 2.88. The van der Waals surface area contributed by atoms with Crippen molar-refractivity contribution in [2.75, 3.05) is 17.1 Å². The van der Waals surface area contributed by atoms with Crippen molar-refractivity contribution in [1.29, 1.82) is 0 Å². The molecule has 1 N–H and O–H groups in total. The number of rotatable bonds is 11. The summed E-state index contributed by atoms with van der Waals surface area (Å²) in [6, 6.07) is 19.7. The number of aryl methyl sites for hydroxylation is 2. The molecule has 0 fully saturated rings. The Morgan fingerprint density at radius 2 is 1.60 bits per heavy atom. The fourth-order valence-electron chi connectivity index (χ4n) is 4.59. The van der Waals surface area contributed by atoms with Gasteiger partial charge in [0.15, 0.2) is 0 Å². The predicted octanol–water partition coefficient (Wildman–Crippen LogP) is 4.53. The van der Waals surface area contributed by atoms with E-state index in [1.165, 1.54) is 17.0 Å². The second-order valence-corrected chi connectivity index (χ2v) is 13.4. The van der Waals surface area contributed by atoms with Crippen LogP contribution in [0.25, 0.3) is 0 Å². The van der Waals surface area contributed by atoms with Crippen LogP contribution in [0.5, 0.6) is 0 Å². The highest BCUT2D eigenvalue weighted by Crippen LogP contribution is 2.28. The number of nitrogens with zero attached hydrogens (tertiary/aromatic N) is 3. The highest BCUT2D eigenvalue weighted by Gasteiger charge is 2.35. The van der Waals surface area contributed by atoms with E-state index in [0.717, 1.165) is 33.3 Å². The van der Waals surface area contributed by atoms with E-state index in [1.807, 2.05) is 82.3 Å². The summed E-state index contributed by atoms with van der Waals surface area (Å²) in [6.45, 7) is 8.44. The van der Waals surface area contributed by atoms with Gasteiger partial charge < -0.3 is 10.2 Å². The number of carbonyl (C=O) groups excluding carboxylic acids is 2. The lowest BCUT2D eigenvalue weighted by Gasteiger charge is -2.35. The van der Waals surface area contributed by atoms with Gasteiger partial charge in [0.25, 0.3) is 5.69 Å². The first-order valence-electron chi connectivity index (χ1n) is 13.5. The molecule has 0 heterocycles. The maximum atomic E-state index is 14.2. The Labute approximate surface area is 247 Å². The van der Waals surface area contributed by atoms with Gasteiger partial charge in [-0.3, -0.25) is 24.0 Å². The van der Waals surface area contributed by atoms with Crippen molar-refractivity contribution in [2.24, 2.45) is 0 Å². The normalized spacial score (nSPS) is 12.3. The molecular weight excluding hydrogens is 556 g/mol. The molecule has 2 amide bonds. The summed E-state index contributed by atoms with van der Waals surface area (Å²) in [5, 5.41) is 14.4. The van der Waals surface area contributed by atoms with Gasteiger partial charge in [-0.15, -0.1) is 0 Å². The van der Waals surface area contributed by atoms with E-state index in [9.17, 15) is 28.1 Å². The molecule has 3 aromatic carbocycles. The standard InChI is InChI=1S/C31H38N4O6S/c1-22-11-10-14-25(17-22)20-33(28(30(37)32-31(3,4)5)18-24-12-8-7-9-13-24)29(36)21-34(42(6,40)41)27-19-26(35(38)39)16-15-23(27)2/h7-17,19,28H,18,20-21H2,1-6H3,(H,32,37)/t28-/m0/s1. The molecule has 10 nitrogen and oxygen atoms in total. The number of nitrogens with one attached hydrogen (secondary N) is 1. The van der Waals surface area contributed by atoms with Gasteiger partial charge in [0, 0.05) is 30.6 Å². The van der Waals surface area contributed by atoms with Crippen molar-refractivity contribution in [1.82, 2.24) is 10.2 Å². The summed E-state index contributed by atoms with van der Waals surface area (Å²) in [7, 11) is -4.06. The number of non-ortho nitro benzene ring substituents is 1. The smallest absolute Gasteiger partial charge is 0.271 e. The number of nitro groups is 1. The van der Waals surface area contributed by atoms with Crippen LogP contribution < -0.4 is 9.62 Å². The van der Waals surface area contributed by atoms with Crippen LogP contribution in [0, 0.1) is 24.0 Å². The van der Waals surface area contributed by atoms with Crippen LogP contribution in [-0.2, 0) is 32.6 Å². The summed E-state index contributed by atoms with van der Waals surface area (Å²) in [5.41, 5.74) is 2.11. The minimum absolute atomic E-state index is 0.0225. The van der Waals surface area contributed by atoms with Crippen LogP contribution in [0.4, 0.5) is 11.4 Å². The largest absolute Gasteiger partial charge is 0.350 e. The summed E-state index contributed by atoms with van der Waals surface area (Å²) in [5.74, 6) is -1.01. The van der Waals surface area contributed by atoms with Gasteiger partial charge in [-0.1, -0.05) is 66.2 Å². The number of hydrogen-bond acceptors (Lipinski definition) is 6. The molecule has 0 aliphatic carbocycles. The fraction of sp³-hybridized carbons (Fsp3) is 0.355. The molecule has 0 radical (unpaired) electrons. The number of nitro benzene ring substituents is 1. The van der Waals surface area contributed by atoms with E-state index in [4.69, 9.17) is 0 Å². The van der Waals surface area contributed by atoms with E-state index >= 15 is 0 Å². The molecule has 0 aromatic heterocycles. The summed E-state index contributed by atoms with van der Waals surface area (Å²) < 4.78 is 26.9. The highest BCUT2D eigenvalue weighted by molar-refractivity contribution is 7.92. The molecule has 11 heteroatoms. The Bertz CT molecular complexity index is 1550. The maximum absolute atomic E-state index is 14.2. The highest BCUT2D eigenvalue weighted by atomic mass is 32.2. The number of benzene rings is 3. The Morgan fingerprint density at radius 1 is 0.952 bits per heavy atom. The van der Waals surface area contributed by atoms with Gasteiger partial charge in [0.1, 0.15) is 12.6 Å². The third-order valence-electron chi connectivity index (χ3n) is 6.56. The minimum atomic E-state index is -4.06. The van der Waals surface area contributed by atoms with E-state index in [-0.39, 0.29) is 30.2 Å². The van der Waals surface area contributed by atoms with Gasteiger partial charge in [-0.25, -0.2) is 8.42 Å². The second-order valence-electron chi connectivity index (χ2n) is 11.5. The zero-order valence-corrected chi connectivity index (χ0v) is 25.6. The Balaban J connectivity index is 2.13. The molecule has 3 rings (SSSR count). The fourth-order valence-corrected chi connectivity index (χ4v) is 5.49. The molecular formula is C31H38N4O6S. The molecule has 0 aliphatic heterocycles. The second kappa shape index (κ2) is 13.2. The van der Waals surface area contributed by atoms with Crippen molar-refractivity contribution in [3.8, 4) is 0 Å². The Kier molecular flexibility index (Phi) is 10.1. The number of amides is 2. The number of anilines is 1. The maximum Gasteiger partial charge on any atom is 0.271 e. The van der Waals surface area contributed by atoms with E-state index in [1.54, 1.807) is 6.92 Å². The van der Waals surface area contributed by atoms with Crippen LogP contribution in [0.2, 0.25) is 0 Å². The average molecular weight is 595 g/mol. The molecule has 42 heavy (non-hydrogen) atoms. The zero-order chi connectivity index (χ0) is 31.2. The summed E-state index contributed by atoms with van der Waals surface area (Å²) in [6.07, 6.45) is 1.13. The first-order chi connectivity index (χ1) is 19.5. The van der Waals surface area contributed by atoms with Crippen molar-refractivity contribution in [2.45, 2.75) is 59.2 Å². The van der Waals surface area contributed by atoms with Crippen LogP contribution in [0.1, 0.15) is 43.0 Å². The third-order valence-corrected chi connectivity index (χ3v) is 7.68. The molecule has 0 bridgehead atoms. The molecule has 0 aliphatic rings. The van der Waals surface area contributed by atoms with E-state index in [0.29, 0.717) is 5.56 Å². The van der Waals surface area contributed by atoms with Crippen LogP contribution in [0.3, 0.4) is 0 Å². The quantitative estimate of drug-likeness (QED) is 0.256. The van der Waals surface area contributed by atoms with Gasteiger partial charge >= 0.3 is 0 Å². The van der Waals surface area contributed by atoms with Crippen molar-refractivity contribution >= 4 is 33.2 Å². The van der Waals surface area contributed by atoms with Gasteiger partial charge in [0.2, 0.25) is 21.8 Å². The van der Waals surface area contributed by atoms with Crippen LogP contribution in [0.15, 0.2) is 72.8 Å². The SMILES string of the molecule is Cc1cccc(CN(C(=O)CN(c2cc([N+](=O)[O-])ccc2C)S(C)(=O)=O)[C@@H](Cc2ccccc2)C(=O)NC(C)(C)C)c1. The molecule has 1 atom stereocenters. The first-order valence-corrected chi connectivity index (χ1v) is 15.3. The van der Waals surface area contributed by atoms with Crippen molar-refractivity contribution in [3.05, 3.63) is 105 Å². The van der Waals surface area contributed by atoms with Gasteiger partial charge in [0.05, 0.1) is 16.9 Å². The molecule has 0 unspecified atom stereocenters. The van der Waals surface area contributed by atoms with Crippen LogP contribution >= 0.6 is 0 Å². The Morgan fingerprint density at radius 3 is 2.17 bits per heavy atom. The van der Waals surface area contributed by atoms with Crippen molar-refractivity contribution in [3.63, 3.8) is 0 Å². The Hall–Kier alpha value is -4.25. The predicted molar refractivity (Wildman–Crippen MR) is 164 cm³/mol. The molecule has 0 saturated heterocycles. The van der Waals surface area contributed by atoms with Gasteiger partial charge in [-0.05, 0) is 51.3 Å². The summed E-state index contributed by atoms with van der Waals surface area (Å²) >= 11 is 0. The van der Waals surface area contributed by atoms with Gasteiger partial charge in [-0.2, -0.15) is 0 Å². The van der Waals surface area contributed by atoms with E-state index < -0.39 is 39.0 Å². The molecule has 0 saturated carbocycles. The lowest BCUT2D eigenvalue weighted by atomic mass is 10.0. The van der Waals surface area contributed by atoms with Crippen molar-refractivity contribution < 1.29 is 22.9 Å². The summed E-state index contributed by atoms with van der Waals surface area (Å²) in [4.78, 5) is 40.2.